The van der Waals surface area contributed by atoms with Crippen LogP contribution in [0.1, 0.15) is 24.1 Å². The van der Waals surface area contributed by atoms with Gasteiger partial charge in [-0.1, -0.05) is 18.2 Å². The van der Waals surface area contributed by atoms with Crippen molar-refractivity contribution in [1.29, 1.82) is 0 Å². The average molecular weight is 511 g/mol. The molecule has 1 unspecified atom stereocenters. The first-order valence-corrected chi connectivity index (χ1v) is 9.48. The Kier molecular flexibility index (Phi) is 9.78. The molecule has 9 heteroatoms. The second-order valence-electron chi connectivity index (χ2n) is 6.60. The van der Waals surface area contributed by atoms with Crippen molar-refractivity contribution >= 4 is 35.6 Å². The zero-order valence-electron chi connectivity index (χ0n) is 16.1. The van der Waals surface area contributed by atoms with E-state index < -0.39 is 4.92 Å². The average Bonchev–Trinajstić information content (AvgIpc) is 3.24. The molecule has 2 N–H and O–H groups in total. The van der Waals surface area contributed by atoms with E-state index >= 15 is 0 Å². The number of hydrogen-bond donors (Lipinski definition) is 2. The van der Waals surface area contributed by atoms with E-state index in [1.807, 2.05) is 18.2 Å². The third kappa shape index (κ3) is 7.94. The van der Waals surface area contributed by atoms with Gasteiger partial charge in [-0.05, 0) is 30.5 Å². The van der Waals surface area contributed by atoms with Crippen LogP contribution in [0.25, 0.3) is 0 Å². The zero-order chi connectivity index (χ0) is 19.6. The summed E-state index contributed by atoms with van der Waals surface area (Å²) in [5.41, 5.74) is 2.01. The van der Waals surface area contributed by atoms with Crippen molar-refractivity contribution in [2.24, 2.45) is 4.99 Å². The van der Waals surface area contributed by atoms with Gasteiger partial charge >= 0.3 is 0 Å². The number of pyridine rings is 1. The van der Waals surface area contributed by atoms with Gasteiger partial charge in [0.2, 0.25) is 0 Å². The molecule has 0 saturated carbocycles. The van der Waals surface area contributed by atoms with Crippen LogP contribution in [0.4, 0.5) is 5.69 Å². The number of halogens is 1. The van der Waals surface area contributed by atoms with Crippen LogP contribution in [0, 0.1) is 10.1 Å². The second kappa shape index (κ2) is 12.3. The number of nitro benzene ring substituents is 1. The van der Waals surface area contributed by atoms with Crippen LogP contribution >= 0.6 is 24.0 Å². The topological polar surface area (TPSA) is 102 Å². The molecule has 29 heavy (non-hydrogen) atoms. The van der Waals surface area contributed by atoms with Gasteiger partial charge in [-0.15, -0.1) is 24.0 Å². The summed E-state index contributed by atoms with van der Waals surface area (Å²) in [6.07, 6.45) is 4.93. The lowest BCUT2D eigenvalue weighted by molar-refractivity contribution is -0.384. The smallest absolute Gasteiger partial charge is 0.269 e. The molecule has 156 valence electrons. The lowest BCUT2D eigenvalue weighted by Crippen LogP contribution is -2.42. The van der Waals surface area contributed by atoms with Crippen LogP contribution in [0.2, 0.25) is 0 Å². The molecular formula is C20H26IN5O3. The van der Waals surface area contributed by atoms with Gasteiger partial charge in [0.15, 0.2) is 5.96 Å². The molecule has 0 radical (unpaired) electrons. The summed E-state index contributed by atoms with van der Waals surface area (Å²) in [6.45, 7) is 2.65. The maximum absolute atomic E-state index is 10.8. The van der Waals surface area contributed by atoms with Crippen LogP contribution in [0.15, 0.2) is 53.7 Å². The van der Waals surface area contributed by atoms with Crippen molar-refractivity contribution in [3.05, 3.63) is 70.0 Å². The molecule has 1 aromatic carbocycles. The highest BCUT2D eigenvalue weighted by atomic mass is 127. The fourth-order valence-electron chi connectivity index (χ4n) is 2.94. The fourth-order valence-corrected chi connectivity index (χ4v) is 2.94. The molecule has 3 rings (SSSR count). The van der Waals surface area contributed by atoms with E-state index in [0.29, 0.717) is 25.6 Å². The minimum absolute atomic E-state index is 0. The largest absolute Gasteiger partial charge is 0.376 e. The molecule has 0 aliphatic carbocycles. The first-order chi connectivity index (χ1) is 13.7. The molecule has 1 aliphatic rings. The monoisotopic (exact) mass is 511 g/mol. The van der Waals surface area contributed by atoms with Gasteiger partial charge in [0.1, 0.15) is 0 Å². The molecule has 1 aromatic heterocycles. The van der Waals surface area contributed by atoms with Crippen molar-refractivity contribution in [2.45, 2.75) is 31.9 Å². The summed E-state index contributed by atoms with van der Waals surface area (Å²) < 4.78 is 5.66. The Morgan fingerprint density at radius 3 is 2.72 bits per heavy atom. The number of nitro groups is 1. The lowest BCUT2D eigenvalue weighted by atomic mass is 10.2. The lowest BCUT2D eigenvalue weighted by Gasteiger charge is -2.15. The summed E-state index contributed by atoms with van der Waals surface area (Å²) in [7, 11) is 0. The van der Waals surface area contributed by atoms with Crippen molar-refractivity contribution in [2.75, 3.05) is 19.7 Å². The molecular weight excluding hydrogens is 485 g/mol. The molecule has 2 aromatic rings. The van der Waals surface area contributed by atoms with Gasteiger partial charge < -0.3 is 15.4 Å². The van der Waals surface area contributed by atoms with E-state index in [9.17, 15) is 10.1 Å². The number of aliphatic imine (C=N–C) groups is 1. The Morgan fingerprint density at radius 1 is 1.24 bits per heavy atom. The molecule has 1 saturated heterocycles. The quantitative estimate of drug-likeness (QED) is 0.186. The third-order valence-corrected chi connectivity index (χ3v) is 4.49. The van der Waals surface area contributed by atoms with E-state index in [0.717, 1.165) is 37.1 Å². The molecule has 1 aliphatic heterocycles. The first-order valence-electron chi connectivity index (χ1n) is 9.48. The zero-order valence-corrected chi connectivity index (χ0v) is 18.5. The summed E-state index contributed by atoms with van der Waals surface area (Å²) >= 11 is 0. The summed E-state index contributed by atoms with van der Waals surface area (Å²) in [4.78, 5) is 19.3. The maximum atomic E-state index is 10.8. The number of guanidine groups is 1. The van der Waals surface area contributed by atoms with E-state index in [2.05, 4.69) is 20.6 Å². The standard InChI is InChI=1S/C20H25N5O3.HI/c26-25(27)18-8-6-16(7-9-18)14-23-20(24-15-19-5-3-13-28-19)22-12-10-17-4-1-2-11-21-17;/h1-2,4,6-9,11,19H,3,5,10,12-15H2,(H2,22,23,24);1H. The fraction of sp³-hybridized carbons (Fsp3) is 0.400. The van der Waals surface area contributed by atoms with Crippen LogP contribution in [0.3, 0.4) is 0 Å². The highest BCUT2D eigenvalue weighted by Crippen LogP contribution is 2.13. The van der Waals surface area contributed by atoms with Gasteiger partial charge in [0.05, 0.1) is 17.6 Å². The van der Waals surface area contributed by atoms with E-state index in [1.54, 1.807) is 18.3 Å². The maximum Gasteiger partial charge on any atom is 0.269 e. The molecule has 1 fully saturated rings. The van der Waals surface area contributed by atoms with Crippen molar-refractivity contribution in [3.63, 3.8) is 0 Å². The van der Waals surface area contributed by atoms with E-state index in [-0.39, 0.29) is 35.8 Å². The normalized spacial score (nSPS) is 16.1. The van der Waals surface area contributed by atoms with E-state index in [1.165, 1.54) is 12.1 Å². The second-order valence-corrected chi connectivity index (χ2v) is 6.60. The molecule has 0 amide bonds. The van der Waals surface area contributed by atoms with E-state index in [4.69, 9.17) is 4.74 Å². The van der Waals surface area contributed by atoms with Gasteiger partial charge in [0, 0.05) is 50.1 Å². The Morgan fingerprint density at radius 2 is 2.07 bits per heavy atom. The van der Waals surface area contributed by atoms with Crippen molar-refractivity contribution in [1.82, 2.24) is 15.6 Å². The number of nitrogens with one attached hydrogen (secondary N) is 2. The Bertz CT molecular complexity index is 780. The van der Waals surface area contributed by atoms with Crippen LogP contribution in [-0.2, 0) is 17.7 Å². The van der Waals surface area contributed by atoms with Crippen LogP contribution in [-0.4, -0.2) is 41.7 Å². The highest BCUT2D eigenvalue weighted by molar-refractivity contribution is 14.0. The van der Waals surface area contributed by atoms with Gasteiger partial charge in [-0.25, -0.2) is 4.99 Å². The summed E-state index contributed by atoms with van der Waals surface area (Å²) in [5.74, 6) is 0.699. The number of nitrogens with zero attached hydrogens (tertiary/aromatic N) is 3. The van der Waals surface area contributed by atoms with Crippen molar-refractivity contribution in [3.8, 4) is 0 Å². The van der Waals surface area contributed by atoms with Gasteiger partial charge in [-0.2, -0.15) is 0 Å². The molecule has 2 heterocycles. The number of non-ortho nitro benzene ring substituents is 1. The van der Waals surface area contributed by atoms with Gasteiger partial charge in [0.25, 0.3) is 5.69 Å². The van der Waals surface area contributed by atoms with Crippen LogP contribution in [0.5, 0.6) is 0 Å². The molecule has 8 nitrogen and oxygen atoms in total. The predicted octanol–water partition coefficient (Wildman–Crippen LogP) is 3.06. The highest BCUT2D eigenvalue weighted by Gasteiger charge is 2.15. The summed E-state index contributed by atoms with van der Waals surface area (Å²) in [6, 6.07) is 12.3. The molecule has 1 atom stereocenters. The SMILES string of the molecule is I.O=[N+]([O-])c1ccc(CN=C(NCCc2ccccn2)NCC2CCCO2)cc1. The Hall–Kier alpha value is -2.27. The Balaban J connectivity index is 0.00000300. The number of ether oxygens (including phenoxy) is 1. The number of hydrogen-bond acceptors (Lipinski definition) is 5. The minimum Gasteiger partial charge on any atom is -0.376 e. The molecule has 0 bridgehead atoms. The van der Waals surface area contributed by atoms with Crippen molar-refractivity contribution < 1.29 is 9.66 Å². The number of aromatic nitrogens is 1. The number of benzene rings is 1. The number of rotatable bonds is 8. The minimum atomic E-state index is -0.402. The van der Waals surface area contributed by atoms with Gasteiger partial charge in [-0.3, -0.25) is 15.1 Å². The van der Waals surface area contributed by atoms with Crippen LogP contribution < -0.4 is 10.6 Å². The molecule has 0 spiro atoms. The first kappa shape index (κ1) is 23.0. The predicted molar refractivity (Wildman–Crippen MR) is 123 cm³/mol. The third-order valence-electron chi connectivity index (χ3n) is 4.49. The Labute approximate surface area is 187 Å². The summed E-state index contributed by atoms with van der Waals surface area (Å²) in [5, 5.41) is 17.4.